The molecule has 2 unspecified atom stereocenters. The standard InChI is InChI=1S/C30H36O5Si/c1-30(2,3)36(5,6)35-26(20-12-8-7-9-13-20)18-21-16-17-25-29(22-14-10-11-15-24(22)34-25)28(21)23(31)19-27(32)33-4/h7-17,23,26,31H,18-19H2,1-6H3. The van der Waals surface area contributed by atoms with Crippen LogP contribution in [0.3, 0.4) is 0 Å². The number of para-hydroxylation sites is 1. The van der Waals surface area contributed by atoms with E-state index in [2.05, 4.69) is 46.0 Å². The van der Waals surface area contributed by atoms with E-state index < -0.39 is 20.4 Å². The van der Waals surface area contributed by atoms with Gasteiger partial charge in [-0.15, -0.1) is 0 Å². The van der Waals surface area contributed by atoms with Crippen molar-refractivity contribution in [3.8, 4) is 0 Å². The molecule has 1 heterocycles. The number of benzene rings is 3. The molecule has 0 saturated carbocycles. The van der Waals surface area contributed by atoms with Gasteiger partial charge in [0.25, 0.3) is 0 Å². The maximum absolute atomic E-state index is 12.2. The summed E-state index contributed by atoms with van der Waals surface area (Å²) >= 11 is 0. The smallest absolute Gasteiger partial charge is 0.308 e. The normalized spacial score (nSPS) is 14.2. The summed E-state index contributed by atoms with van der Waals surface area (Å²) < 4.78 is 17.9. The Balaban J connectivity index is 1.87. The molecule has 3 aromatic carbocycles. The number of carbonyl (C=O) groups is 1. The first-order valence-corrected chi connectivity index (χ1v) is 15.3. The quantitative estimate of drug-likeness (QED) is 0.199. The zero-order valence-corrected chi connectivity index (χ0v) is 23.0. The molecule has 36 heavy (non-hydrogen) atoms. The SMILES string of the molecule is COC(=O)CC(O)c1c(CC(O[Si](C)(C)C(C)(C)C)c2ccccc2)ccc2oc3ccccc3c12. The zero-order valence-electron chi connectivity index (χ0n) is 22.0. The number of rotatable bonds is 8. The van der Waals surface area contributed by atoms with Crippen LogP contribution in [-0.4, -0.2) is 26.5 Å². The first-order chi connectivity index (χ1) is 17.0. The van der Waals surface area contributed by atoms with E-state index in [4.69, 9.17) is 13.6 Å². The van der Waals surface area contributed by atoms with Gasteiger partial charge in [-0.2, -0.15) is 0 Å². The van der Waals surface area contributed by atoms with E-state index in [1.54, 1.807) is 0 Å². The Labute approximate surface area is 214 Å². The summed E-state index contributed by atoms with van der Waals surface area (Å²) in [4.78, 5) is 12.2. The van der Waals surface area contributed by atoms with Crippen molar-refractivity contribution in [3.63, 3.8) is 0 Å². The second kappa shape index (κ2) is 10.2. The third-order valence-electron chi connectivity index (χ3n) is 7.41. The molecule has 0 radical (unpaired) electrons. The molecule has 0 aliphatic carbocycles. The van der Waals surface area contributed by atoms with E-state index >= 15 is 0 Å². The molecule has 1 N–H and O–H groups in total. The van der Waals surface area contributed by atoms with E-state index in [0.717, 1.165) is 27.5 Å². The van der Waals surface area contributed by atoms with E-state index in [0.29, 0.717) is 17.6 Å². The van der Waals surface area contributed by atoms with Gasteiger partial charge in [-0.05, 0) is 47.0 Å². The van der Waals surface area contributed by atoms with Gasteiger partial charge in [0.15, 0.2) is 8.32 Å². The van der Waals surface area contributed by atoms with Crippen molar-refractivity contribution in [2.45, 2.75) is 64.0 Å². The predicted molar refractivity (Wildman–Crippen MR) is 146 cm³/mol. The monoisotopic (exact) mass is 504 g/mol. The van der Waals surface area contributed by atoms with Gasteiger partial charge in [-0.3, -0.25) is 4.79 Å². The number of hydrogen-bond donors (Lipinski definition) is 1. The van der Waals surface area contributed by atoms with Crippen LogP contribution in [0, 0.1) is 0 Å². The third-order valence-corrected chi connectivity index (χ3v) is 11.9. The summed E-state index contributed by atoms with van der Waals surface area (Å²) in [6.07, 6.45) is -0.825. The molecule has 5 nitrogen and oxygen atoms in total. The lowest BCUT2D eigenvalue weighted by Crippen LogP contribution is -2.42. The molecule has 4 rings (SSSR count). The van der Waals surface area contributed by atoms with Crippen molar-refractivity contribution in [1.82, 2.24) is 0 Å². The molecule has 0 saturated heterocycles. The van der Waals surface area contributed by atoms with Crippen LogP contribution < -0.4 is 0 Å². The molecule has 4 aromatic rings. The minimum atomic E-state index is -2.12. The van der Waals surface area contributed by atoms with Crippen molar-refractivity contribution >= 4 is 36.2 Å². The van der Waals surface area contributed by atoms with Gasteiger partial charge in [0.1, 0.15) is 11.2 Å². The van der Waals surface area contributed by atoms with Crippen molar-refractivity contribution < 1.29 is 23.5 Å². The van der Waals surface area contributed by atoms with Crippen LogP contribution in [0.4, 0.5) is 0 Å². The Morgan fingerprint density at radius 3 is 2.31 bits per heavy atom. The number of methoxy groups -OCH3 is 1. The summed E-state index contributed by atoms with van der Waals surface area (Å²) in [5.41, 5.74) is 4.14. The Bertz CT molecular complexity index is 1350. The largest absolute Gasteiger partial charge is 0.469 e. The fraction of sp³-hybridized carbons (Fsp3) is 0.367. The number of ether oxygens (including phenoxy) is 1. The number of hydrogen-bond acceptors (Lipinski definition) is 5. The lowest BCUT2D eigenvalue weighted by atomic mass is 9.90. The van der Waals surface area contributed by atoms with Gasteiger partial charge in [-0.1, -0.05) is 75.4 Å². The van der Waals surface area contributed by atoms with Gasteiger partial charge >= 0.3 is 5.97 Å². The fourth-order valence-corrected chi connectivity index (χ4v) is 5.70. The summed E-state index contributed by atoms with van der Waals surface area (Å²) in [5.74, 6) is -0.463. The Kier molecular flexibility index (Phi) is 7.41. The van der Waals surface area contributed by atoms with Crippen LogP contribution in [0.1, 0.15) is 56.1 Å². The van der Waals surface area contributed by atoms with Crippen molar-refractivity contribution in [2.75, 3.05) is 7.11 Å². The fourth-order valence-electron chi connectivity index (χ4n) is 4.42. The van der Waals surface area contributed by atoms with Gasteiger partial charge in [0.05, 0.1) is 25.7 Å². The summed E-state index contributed by atoms with van der Waals surface area (Å²) in [5, 5.41) is 13.1. The van der Waals surface area contributed by atoms with E-state index in [9.17, 15) is 9.90 Å². The Hall–Kier alpha value is -2.93. The van der Waals surface area contributed by atoms with E-state index in [-0.39, 0.29) is 17.6 Å². The molecule has 0 aliphatic rings. The van der Waals surface area contributed by atoms with Gasteiger partial charge < -0.3 is 18.7 Å². The lowest BCUT2D eigenvalue weighted by molar-refractivity contribution is -0.142. The highest BCUT2D eigenvalue weighted by atomic mass is 28.4. The van der Waals surface area contributed by atoms with Crippen LogP contribution >= 0.6 is 0 Å². The molecule has 0 bridgehead atoms. The molecule has 2 atom stereocenters. The maximum atomic E-state index is 12.2. The highest BCUT2D eigenvalue weighted by Crippen LogP contribution is 2.43. The molecule has 0 aliphatic heterocycles. The highest BCUT2D eigenvalue weighted by Gasteiger charge is 2.39. The average Bonchev–Trinajstić information content (AvgIpc) is 3.21. The molecule has 0 spiro atoms. The van der Waals surface area contributed by atoms with Crippen LogP contribution in [0.2, 0.25) is 18.1 Å². The predicted octanol–water partition coefficient (Wildman–Crippen LogP) is 7.49. The van der Waals surface area contributed by atoms with Gasteiger partial charge in [-0.25, -0.2) is 0 Å². The molecular weight excluding hydrogens is 468 g/mol. The van der Waals surface area contributed by atoms with E-state index in [1.807, 2.05) is 54.6 Å². The second-order valence-electron chi connectivity index (χ2n) is 10.9. The Morgan fingerprint density at radius 2 is 1.64 bits per heavy atom. The average molecular weight is 505 g/mol. The molecule has 190 valence electrons. The zero-order chi connectivity index (χ0) is 26.1. The minimum Gasteiger partial charge on any atom is -0.469 e. The minimum absolute atomic E-state index is 0.0397. The van der Waals surface area contributed by atoms with E-state index in [1.165, 1.54) is 7.11 Å². The molecule has 1 aromatic heterocycles. The lowest BCUT2D eigenvalue weighted by Gasteiger charge is -2.39. The van der Waals surface area contributed by atoms with Crippen molar-refractivity contribution in [3.05, 3.63) is 83.4 Å². The second-order valence-corrected chi connectivity index (χ2v) is 15.6. The third kappa shape index (κ3) is 5.26. The molecule has 6 heteroatoms. The number of furan rings is 1. The van der Waals surface area contributed by atoms with Gasteiger partial charge in [0, 0.05) is 17.2 Å². The van der Waals surface area contributed by atoms with Crippen LogP contribution in [-0.2, 0) is 20.4 Å². The summed E-state index contributed by atoms with van der Waals surface area (Å²) in [7, 11) is -0.785. The van der Waals surface area contributed by atoms with Crippen LogP contribution in [0.15, 0.2) is 71.1 Å². The number of aliphatic hydroxyl groups is 1. The molecule has 0 amide bonds. The topological polar surface area (TPSA) is 68.9 Å². The van der Waals surface area contributed by atoms with Crippen molar-refractivity contribution in [1.29, 1.82) is 0 Å². The summed E-state index contributed by atoms with van der Waals surface area (Å²) in [6.45, 7) is 11.2. The van der Waals surface area contributed by atoms with Crippen LogP contribution in [0.25, 0.3) is 21.9 Å². The van der Waals surface area contributed by atoms with Crippen LogP contribution in [0.5, 0.6) is 0 Å². The maximum Gasteiger partial charge on any atom is 0.308 e. The number of carbonyl (C=O) groups excluding carboxylic acids is 1. The number of aliphatic hydroxyl groups excluding tert-OH is 1. The first kappa shape index (κ1) is 26.1. The summed E-state index contributed by atoms with van der Waals surface area (Å²) in [6, 6.07) is 22.0. The molecular formula is C30H36O5Si. The number of esters is 1. The van der Waals surface area contributed by atoms with Gasteiger partial charge in [0.2, 0.25) is 0 Å². The molecule has 0 fully saturated rings. The van der Waals surface area contributed by atoms with Crippen molar-refractivity contribution in [2.24, 2.45) is 0 Å². The highest BCUT2D eigenvalue weighted by molar-refractivity contribution is 6.74. The Morgan fingerprint density at radius 1 is 0.972 bits per heavy atom. The number of fused-ring (bicyclic) bond motifs is 3. The first-order valence-electron chi connectivity index (χ1n) is 12.4.